The first-order valence-electron chi connectivity index (χ1n) is 4.75. The molecule has 15 heavy (non-hydrogen) atoms. The molecule has 76 valence electrons. The molecule has 0 aromatic carbocycles. The molecule has 2 N–H and O–H groups in total. The number of hydrogen-bond acceptors (Lipinski definition) is 4. The maximum atomic E-state index is 11.3. The van der Waals surface area contributed by atoms with E-state index in [1.54, 1.807) is 12.3 Å². The molecule has 0 fully saturated rings. The van der Waals surface area contributed by atoms with Crippen molar-refractivity contribution in [2.24, 2.45) is 0 Å². The normalized spacial score (nSPS) is 13.6. The van der Waals surface area contributed by atoms with Crippen molar-refractivity contribution in [2.45, 2.75) is 6.42 Å². The highest BCUT2D eigenvalue weighted by Gasteiger charge is 2.19. The number of aromatic amines is 1. The van der Waals surface area contributed by atoms with Gasteiger partial charge in [-0.3, -0.25) is 0 Å². The second-order valence-electron chi connectivity index (χ2n) is 3.40. The number of furan rings is 1. The largest absolute Gasteiger partial charge is 0.463 e. The van der Waals surface area contributed by atoms with Crippen LogP contribution in [0.4, 0.5) is 5.82 Å². The molecule has 5 heteroatoms. The fraction of sp³-hybridized carbons (Fsp3) is 0.200. The minimum absolute atomic E-state index is 0.352. The van der Waals surface area contributed by atoms with Gasteiger partial charge in [-0.1, -0.05) is 0 Å². The van der Waals surface area contributed by atoms with Crippen molar-refractivity contribution >= 4 is 5.82 Å². The van der Waals surface area contributed by atoms with Crippen molar-refractivity contribution < 1.29 is 4.42 Å². The molecule has 5 nitrogen and oxygen atoms in total. The topological polar surface area (TPSA) is 70.9 Å². The van der Waals surface area contributed by atoms with Gasteiger partial charge in [0.25, 0.3) is 0 Å². The molecule has 0 radical (unpaired) electrons. The first kappa shape index (κ1) is 8.28. The SMILES string of the molecule is O=c1nc2c(c(-c3ccco3)[nH]1)CCN2. The lowest BCUT2D eigenvalue weighted by Crippen LogP contribution is -2.13. The third kappa shape index (κ3) is 1.24. The number of anilines is 1. The van der Waals surface area contributed by atoms with Crippen LogP contribution in [0.1, 0.15) is 5.56 Å². The van der Waals surface area contributed by atoms with Crippen LogP contribution < -0.4 is 11.0 Å². The third-order valence-corrected chi connectivity index (χ3v) is 2.47. The van der Waals surface area contributed by atoms with Crippen molar-refractivity contribution in [1.82, 2.24) is 9.97 Å². The molecule has 0 bridgehead atoms. The van der Waals surface area contributed by atoms with Crippen molar-refractivity contribution in [3.05, 3.63) is 34.4 Å². The molecule has 0 unspecified atom stereocenters. The first-order valence-corrected chi connectivity index (χ1v) is 4.75. The Balaban J connectivity index is 2.28. The van der Waals surface area contributed by atoms with Gasteiger partial charge in [0.05, 0.1) is 12.0 Å². The minimum atomic E-state index is -0.352. The summed E-state index contributed by atoms with van der Waals surface area (Å²) < 4.78 is 5.27. The fourth-order valence-corrected chi connectivity index (χ4v) is 1.82. The zero-order chi connectivity index (χ0) is 10.3. The maximum absolute atomic E-state index is 11.3. The number of hydrogen-bond donors (Lipinski definition) is 2. The van der Waals surface area contributed by atoms with E-state index >= 15 is 0 Å². The second kappa shape index (κ2) is 2.98. The summed E-state index contributed by atoms with van der Waals surface area (Å²) in [6.07, 6.45) is 2.44. The van der Waals surface area contributed by atoms with Crippen LogP contribution >= 0.6 is 0 Å². The Hall–Kier alpha value is -2.04. The smallest absolute Gasteiger partial charge is 0.347 e. The summed E-state index contributed by atoms with van der Waals surface area (Å²) in [5, 5.41) is 3.07. The lowest BCUT2D eigenvalue weighted by Gasteiger charge is -2.02. The van der Waals surface area contributed by atoms with Gasteiger partial charge in [-0.2, -0.15) is 4.98 Å². The van der Waals surface area contributed by atoms with Gasteiger partial charge in [0, 0.05) is 12.1 Å². The molecule has 0 amide bonds. The Bertz CT molecular complexity index is 542. The highest BCUT2D eigenvalue weighted by Crippen LogP contribution is 2.28. The summed E-state index contributed by atoms with van der Waals surface area (Å²) >= 11 is 0. The van der Waals surface area contributed by atoms with E-state index in [1.165, 1.54) is 0 Å². The van der Waals surface area contributed by atoms with Crippen LogP contribution in [0.2, 0.25) is 0 Å². The Morgan fingerprint density at radius 3 is 3.20 bits per heavy atom. The average molecular weight is 203 g/mol. The van der Waals surface area contributed by atoms with Gasteiger partial charge in [-0.05, 0) is 18.6 Å². The summed E-state index contributed by atoms with van der Waals surface area (Å²) in [4.78, 5) is 17.9. The average Bonchev–Trinajstić information content (AvgIpc) is 2.86. The van der Waals surface area contributed by atoms with Gasteiger partial charge in [0.1, 0.15) is 5.82 Å². The molecule has 0 aliphatic carbocycles. The standard InChI is InChI=1S/C10H9N3O2/c14-10-12-8(7-2-1-5-15-7)6-3-4-11-9(6)13-10/h1-2,5H,3-4H2,(H2,11,12,13,14). The van der Waals surface area contributed by atoms with Crippen molar-refractivity contribution in [3.8, 4) is 11.5 Å². The van der Waals surface area contributed by atoms with Gasteiger partial charge in [-0.15, -0.1) is 0 Å². The number of H-pyrrole nitrogens is 1. The van der Waals surface area contributed by atoms with Gasteiger partial charge in [0.15, 0.2) is 5.76 Å². The number of fused-ring (bicyclic) bond motifs is 1. The zero-order valence-corrected chi connectivity index (χ0v) is 7.91. The summed E-state index contributed by atoms with van der Waals surface area (Å²) in [6.45, 7) is 0.813. The van der Waals surface area contributed by atoms with Crippen LogP contribution in [0.15, 0.2) is 27.6 Å². The molecule has 1 aliphatic heterocycles. The van der Waals surface area contributed by atoms with Crippen LogP contribution in [-0.2, 0) is 6.42 Å². The molecule has 3 heterocycles. The number of rotatable bonds is 1. The van der Waals surface area contributed by atoms with Gasteiger partial charge >= 0.3 is 5.69 Å². The lowest BCUT2D eigenvalue weighted by atomic mass is 10.1. The minimum Gasteiger partial charge on any atom is -0.463 e. The second-order valence-corrected chi connectivity index (χ2v) is 3.40. The molecule has 3 rings (SSSR count). The van der Waals surface area contributed by atoms with Crippen LogP contribution in [0, 0.1) is 0 Å². The molecule has 0 saturated carbocycles. The van der Waals surface area contributed by atoms with E-state index in [4.69, 9.17) is 4.42 Å². The Kier molecular flexibility index (Phi) is 1.65. The molecule has 0 spiro atoms. The summed E-state index contributed by atoms with van der Waals surface area (Å²) in [7, 11) is 0. The Labute approximate surface area is 85.2 Å². The molecule has 2 aromatic heterocycles. The quantitative estimate of drug-likeness (QED) is 0.725. The van der Waals surface area contributed by atoms with E-state index in [1.807, 2.05) is 6.07 Å². The molecular formula is C10H9N3O2. The van der Waals surface area contributed by atoms with E-state index in [-0.39, 0.29) is 5.69 Å². The van der Waals surface area contributed by atoms with E-state index in [2.05, 4.69) is 15.3 Å². The number of nitrogens with zero attached hydrogens (tertiary/aromatic N) is 1. The van der Waals surface area contributed by atoms with E-state index in [0.717, 1.165) is 24.2 Å². The van der Waals surface area contributed by atoms with Gasteiger partial charge in [0.2, 0.25) is 0 Å². The van der Waals surface area contributed by atoms with Gasteiger partial charge in [-0.25, -0.2) is 4.79 Å². The highest BCUT2D eigenvalue weighted by atomic mass is 16.3. The monoisotopic (exact) mass is 203 g/mol. The van der Waals surface area contributed by atoms with Gasteiger partial charge < -0.3 is 14.7 Å². The molecule has 0 atom stereocenters. The number of nitrogens with one attached hydrogen (secondary N) is 2. The predicted octanol–water partition coefficient (Wildman–Crippen LogP) is 0.998. The zero-order valence-electron chi connectivity index (χ0n) is 7.91. The summed E-state index contributed by atoms with van der Waals surface area (Å²) in [5.74, 6) is 1.35. The predicted molar refractivity (Wildman–Crippen MR) is 54.8 cm³/mol. The van der Waals surface area contributed by atoms with Crippen molar-refractivity contribution in [1.29, 1.82) is 0 Å². The van der Waals surface area contributed by atoms with E-state index in [9.17, 15) is 4.79 Å². The van der Waals surface area contributed by atoms with Crippen LogP contribution in [0.3, 0.4) is 0 Å². The Morgan fingerprint density at radius 2 is 2.40 bits per heavy atom. The van der Waals surface area contributed by atoms with E-state index in [0.29, 0.717) is 11.6 Å². The molecular weight excluding hydrogens is 194 g/mol. The van der Waals surface area contributed by atoms with E-state index < -0.39 is 0 Å². The Morgan fingerprint density at radius 1 is 1.47 bits per heavy atom. The maximum Gasteiger partial charge on any atom is 0.347 e. The fourth-order valence-electron chi connectivity index (χ4n) is 1.82. The summed E-state index contributed by atoms with van der Waals surface area (Å²) in [5.41, 5.74) is 1.40. The first-order chi connectivity index (χ1) is 7.34. The van der Waals surface area contributed by atoms with Crippen molar-refractivity contribution in [2.75, 3.05) is 11.9 Å². The number of aromatic nitrogens is 2. The molecule has 1 aliphatic rings. The van der Waals surface area contributed by atoms with Crippen LogP contribution in [0.5, 0.6) is 0 Å². The highest BCUT2D eigenvalue weighted by molar-refractivity contribution is 5.66. The molecule has 2 aromatic rings. The van der Waals surface area contributed by atoms with Crippen LogP contribution in [0.25, 0.3) is 11.5 Å². The van der Waals surface area contributed by atoms with Crippen molar-refractivity contribution in [3.63, 3.8) is 0 Å². The third-order valence-electron chi connectivity index (χ3n) is 2.47. The molecule has 0 saturated heterocycles. The van der Waals surface area contributed by atoms with Crippen LogP contribution in [-0.4, -0.2) is 16.5 Å². The lowest BCUT2D eigenvalue weighted by molar-refractivity contribution is 0.579. The summed E-state index contributed by atoms with van der Waals surface area (Å²) in [6, 6.07) is 3.62.